The summed E-state index contributed by atoms with van der Waals surface area (Å²) in [5, 5.41) is 13.1. The van der Waals surface area contributed by atoms with Crippen LogP contribution in [0.5, 0.6) is 0 Å². The molecule has 0 fully saturated rings. The molecule has 0 saturated heterocycles. The van der Waals surface area contributed by atoms with Gasteiger partial charge < -0.3 is 5.32 Å². The number of pyridine rings is 1. The minimum absolute atomic E-state index is 0. The van der Waals surface area contributed by atoms with Crippen LogP contribution in [0.1, 0.15) is 27.9 Å². The van der Waals surface area contributed by atoms with E-state index in [4.69, 9.17) is 23.2 Å². The molecule has 3 heterocycles. The summed E-state index contributed by atoms with van der Waals surface area (Å²) < 4.78 is 29.1. The Morgan fingerprint density at radius 1 is 1.15 bits per heavy atom. The molecule has 1 aliphatic rings. The molecule has 0 atom stereocenters. The van der Waals surface area contributed by atoms with Gasteiger partial charge in [-0.1, -0.05) is 41.4 Å². The van der Waals surface area contributed by atoms with Gasteiger partial charge in [0.15, 0.2) is 0 Å². The molecule has 2 aromatic carbocycles. The third-order valence-electron chi connectivity index (χ3n) is 6.48. The van der Waals surface area contributed by atoms with E-state index in [1.54, 1.807) is 41.1 Å². The van der Waals surface area contributed by atoms with Crippen LogP contribution in [0.25, 0.3) is 17.0 Å². The molecule has 0 radical (unpaired) electrons. The fraction of sp³-hybridized carbons (Fsp3) is 0.179. The molecule has 0 spiro atoms. The Labute approximate surface area is 239 Å². The predicted molar refractivity (Wildman–Crippen MR) is 150 cm³/mol. The van der Waals surface area contributed by atoms with E-state index >= 15 is 0 Å². The van der Waals surface area contributed by atoms with E-state index in [2.05, 4.69) is 21.3 Å². The fourth-order valence-electron chi connectivity index (χ4n) is 4.69. The minimum Gasteiger partial charge on any atom is -0.333 e. The number of nitrogens with zero attached hydrogens (tertiary/aromatic N) is 4. The molecule has 1 aliphatic heterocycles. The molecule has 0 aliphatic carbocycles. The van der Waals surface area contributed by atoms with Crippen LogP contribution >= 0.6 is 35.6 Å². The van der Waals surface area contributed by atoms with Crippen molar-refractivity contribution in [2.75, 3.05) is 13.1 Å². The molecular formula is C28H22Cl3F2N5O. The van der Waals surface area contributed by atoms with Gasteiger partial charge in [-0.15, -0.1) is 12.4 Å². The summed E-state index contributed by atoms with van der Waals surface area (Å²) in [6.07, 6.45) is 5.68. The third kappa shape index (κ3) is 6.07. The van der Waals surface area contributed by atoms with Gasteiger partial charge in [-0.3, -0.25) is 9.47 Å². The number of hydrogen-bond acceptors (Lipinski definition) is 4. The molecule has 6 nitrogen and oxygen atoms in total. The minimum atomic E-state index is -0.802. The molecule has 11 heteroatoms. The van der Waals surface area contributed by atoms with Crippen LogP contribution in [0.4, 0.5) is 13.6 Å². The highest BCUT2D eigenvalue weighted by Gasteiger charge is 2.26. The second kappa shape index (κ2) is 12.1. The zero-order valence-corrected chi connectivity index (χ0v) is 22.8. The monoisotopic (exact) mass is 587 g/mol. The van der Waals surface area contributed by atoms with E-state index in [9.17, 15) is 18.8 Å². The first kappa shape index (κ1) is 28.5. The molecule has 4 aromatic rings. The highest BCUT2D eigenvalue weighted by atomic mass is 35.5. The number of carbonyl (C=O) groups is 1. The van der Waals surface area contributed by atoms with E-state index in [1.807, 2.05) is 12.1 Å². The van der Waals surface area contributed by atoms with Gasteiger partial charge in [0.2, 0.25) is 0 Å². The second-order valence-electron chi connectivity index (χ2n) is 8.94. The smallest absolute Gasteiger partial charge is 0.326 e. The van der Waals surface area contributed by atoms with Crippen LogP contribution in [-0.4, -0.2) is 33.6 Å². The molecule has 39 heavy (non-hydrogen) atoms. The van der Waals surface area contributed by atoms with Gasteiger partial charge in [0, 0.05) is 49.9 Å². The first-order valence-electron chi connectivity index (χ1n) is 11.8. The highest BCUT2D eigenvalue weighted by Crippen LogP contribution is 2.32. The lowest BCUT2D eigenvalue weighted by Crippen LogP contribution is -2.34. The van der Waals surface area contributed by atoms with Gasteiger partial charge >= 0.3 is 6.03 Å². The van der Waals surface area contributed by atoms with Gasteiger partial charge in [-0.05, 0) is 53.1 Å². The van der Waals surface area contributed by atoms with Crippen molar-refractivity contribution in [1.82, 2.24) is 19.8 Å². The number of rotatable bonds is 5. The van der Waals surface area contributed by atoms with Crippen molar-refractivity contribution in [1.29, 1.82) is 5.26 Å². The molecule has 1 N–H and O–H groups in total. The van der Waals surface area contributed by atoms with Crippen LogP contribution in [-0.2, 0) is 19.5 Å². The Hall–Kier alpha value is -3.48. The van der Waals surface area contributed by atoms with Crippen molar-refractivity contribution >= 4 is 58.6 Å². The molecule has 1 amide bonds. The molecule has 0 unspecified atom stereocenters. The summed E-state index contributed by atoms with van der Waals surface area (Å²) >= 11 is 11.5. The lowest BCUT2D eigenvalue weighted by Gasteiger charge is -2.27. The maximum absolute atomic E-state index is 13.7. The lowest BCUT2D eigenvalue weighted by molar-refractivity contribution is 0.240. The van der Waals surface area contributed by atoms with E-state index in [0.717, 1.165) is 22.2 Å². The average molecular weight is 589 g/mol. The zero-order valence-electron chi connectivity index (χ0n) is 20.4. The van der Waals surface area contributed by atoms with Crippen LogP contribution in [0, 0.1) is 23.0 Å². The number of hydrogen-bond donors (Lipinski definition) is 1. The normalized spacial score (nSPS) is 13.2. The van der Waals surface area contributed by atoms with Crippen LogP contribution in [0.2, 0.25) is 10.2 Å². The Morgan fingerprint density at radius 3 is 2.64 bits per heavy atom. The standard InChI is InChI=1S/C28H21Cl2F2N5O.ClH/c29-26-13-19(5-7-34-26)15-35-28(38)37-24-6-9-36(8-1-2-17-10-22(31)27(30)23(32)11-17)16-21(24)20-4-3-18(14-33)12-25(20)37;/h1-5,7,10-13H,6,8-9,15-16H2,(H,35,38);1H/b2-1+;. The number of benzene rings is 2. The first-order valence-corrected chi connectivity index (χ1v) is 12.6. The van der Waals surface area contributed by atoms with Gasteiger partial charge in [-0.25, -0.2) is 18.6 Å². The molecule has 0 bridgehead atoms. The van der Waals surface area contributed by atoms with E-state index in [-0.39, 0.29) is 25.0 Å². The SMILES string of the molecule is Cl.N#Cc1ccc2c3c(n(C(=O)NCc4ccnc(Cl)c4)c2c1)CCN(C/C=C/c1cc(F)c(Cl)c(F)c1)C3. The predicted octanol–water partition coefficient (Wildman–Crippen LogP) is 6.74. The van der Waals surface area contributed by atoms with E-state index in [0.29, 0.717) is 47.9 Å². The first-order chi connectivity index (χ1) is 18.3. The van der Waals surface area contributed by atoms with Crippen molar-refractivity contribution in [2.45, 2.75) is 19.5 Å². The summed E-state index contributed by atoms with van der Waals surface area (Å²) in [6, 6.07) is 13.0. The van der Waals surface area contributed by atoms with Crippen molar-refractivity contribution < 1.29 is 13.6 Å². The summed E-state index contributed by atoms with van der Waals surface area (Å²) in [7, 11) is 0. The van der Waals surface area contributed by atoms with Crippen LogP contribution in [0.3, 0.4) is 0 Å². The second-order valence-corrected chi connectivity index (χ2v) is 9.70. The summed E-state index contributed by atoms with van der Waals surface area (Å²) in [4.78, 5) is 19.5. The number of halogens is 5. The Kier molecular flexibility index (Phi) is 8.88. The number of aromatic nitrogens is 2. The maximum Gasteiger partial charge on any atom is 0.326 e. The molecule has 0 saturated carbocycles. The Bertz CT molecular complexity index is 1610. The van der Waals surface area contributed by atoms with Crippen molar-refractivity contribution in [3.63, 3.8) is 0 Å². The number of nitrogens with one attached hydrogen (secondary N) is 1. The van der Waals surface area contributed by atoms with Crippen LogP contribution in [0.15, 0.2) is 54.7 Å². The summed E-state index contributed by atoms with van der Waals surface area (Å²) in [5.41, 5.74) is 4.24. The molecular weight excluding hydrogens is 567 g/mol. The summed E-state index contributed by atoms with van der Waals surface area (Å²) in [5.74, 6) is -1.60. The van der Waals surface area contributed by atoms with E-state index in [1.165, 1.54) is 12.1 Å². The number of fused-ring (bicyclic) bond motifs is 3. The summed E-state index contributed by atoms with van der Waals surface area (Å²) in [6.45, 7) is 2.07. The van der Waals surface area contributed by atoms with Crippen molar-refractivity contribution in [3.8, 4) is 6.07 Å². The largest absolute Gasteiger partial charge is 0.333 e. The van der Waals surface area contributed by atoms with Gasteiger partial charge in [0.1, 0.15) is 21.8 Å². The average Bonchev–Trinajstić information content (AvgIpc) is 3.23. The number of amides is 1. The highest BCUT2D eigenvalue weighted by molar-refractivity contribution is 6.31. The number of nitriles is 1. The van der Waals surface area contributed by atoms with Gasteiger partial charge in [0.25, 0.3) is 0 Å². The quantitative estimate of drug-likeness (QED) is 0.207. The molecule has 5 rings (SSSR count). The van der Waals surface area contributed by atoms with Gasteiger partial charge in [0.05, 0.1) is 17.1 Å². The fourth-order valence-corrected chi connectivity index (χ4v) is 4.99. The zero-order chi connectivity index (χ0) is 26.8. The Morgan fingerprint density at radius 2 is 1.92 bits per heavy atom. The van der Waals surface area contributed by atoms with Crippen molar-refractivity contribution in [3.05, 3.63) is 104 Å². The Balaban J connectivity index is 0.00000353. The topological polar surface area (TPSA) is 74.0 Å². The van der Waals surface area contributed by atoms with E-state index < -0.39 is 16.7 Å². The number of carbonyl (C=O) groups excluding carboxylic acids is 1. The van der Waals surface area contributed by atoms with Crippen molar-refractivity contribution in [2.24, 2.45) is 0 Å². The third-order valence-corrected chi connectivity index (χ3v) is 7.04. The maximum atomic E-state index is 13.7. The van der Waals surface area contributed by atoms with Crippen LogP contribution < -0.4 is 5.32 Å². The molecule has 2 aromatic heterocycles. The lowest BCUT2D eigenvalue weighted by atomic mass is 10.0. The molecule has 200 valence electrons. The van der Waals surface area contributed by atoms with Gasteiger partial charge in [-0.2, -0.15) is 5.26 Å².